The van der Waals surface area contributed by atoms with E-state index in [4.69, 9.17) is 4.74 Å². The van der Waals surface area contributed by atoms with Crippen molar-refractivity contribution in [2.45, 2.75) is 57.5 Å². The van der Waals surface area contributed by atoms with Crippen LogP contribution in [0.25, 0.3) is 10.9 Å². The number of likely N-dealkylation sites (tertiary alicyclic amines) is 2. The molecule has 7 rings (SSSR count). The van der Waals surface area contributed by atoms with E-state index < -0.39 is 17.0 Å². The van der Waals surface area contributed by atoms with Gasteiger partial charge in [-0.05, 0) is 87.5 Å². The molecule has 3 fully saturated rings. The van der Waals surface area contributed by atoms with Gasteiger partial charge in [-0.15, -0.1) is 0 Å². The first-order valence-electron chi connectivity index (χ1n) is 17.2. The smallest absolute Gasteiger partial charge is 0.318 e. The Morgan fingerprint density at radius 3 is 2.57 bits per heavy atom. The quantitative estimate of drug-likeness (QED) is 0.433. The average Bonchev–Trinajstić information content (AvgIpc) is 3.57. The molecule has 5 aliphatic rings. The number of rotatable bonds is 6. The lowest BCUT2D eigenvalue weighted by molar-refractivity contribution is -0.135. The maximum atomic E-state index is 14.1. The zero-order chi connectivity index (χ0) is 32.5. The molecule has 47 heavy (non-hydrogen) atoms. The summed E-state index contributed by atoms with van der Waals surface area (Å²) in [6.45, 7) is 9.64. The van der Waals surface area contributed by atoms with E-state index in [1.165, 1.54) is 12.8 Å². The van der Waals surface area contributed by atoms with Gasteiger partial charge < -0.3 is 29.5 Å². The number of hydrogen-bond donors (Lipinski definition) is 3. The van der Waals surface area contributed by atoms with Crippen molar-refractivity contribution in [2.75, 3.05) is 72.6 Å². The molecule has 6 heterocycles. The molecule has 1 aromatic carbocycles. The van der Waals surface area contributed by atoms with Gasteiger partial charge in [-0.2, -0.15) is 5.10 Å². The van der Waals surface area contributed by atoms with Gasteiger partial charge in [0.2, 0.25) is 5.91 Å². The molecule has 12 nitrogen and oxygen atoms in total. The van der Waals surface area contributed by atoms with E-state index in [1.54, 1.807) is 6.20 Å². The molecule has 1 aromatic heterocycles. The Kier molecular flexibility index (Phi) is 9.67. The molecule has 0 radical (unpaired) electrons. The van der Waals surface area contributed by atoms with Crippen LogP contribution in [0.5, 0.6) is 0 Å². The van der Waals surface area contributed by atoms with Gasteiger partial charge in [0, 0.05) is 74.1 Å². The van der Waals surface area contributed by atoms with Crippen molar-refractivity contribution in [2.24, 2.45) is 5.92 Å². The summed E-state index contributed by atoms with van der Waals surface area (Å²) in [5.41, 5.74) is 5.16. The molecule has 3 saturated heterocycles. The van der Waals surface area contributed by atoms with Gasteiger partial charge in [0.15, 0.2) is 0 Å². The normalized spacial score (nSPS) is 24.6. The molecular formula is C34H48N8O4S. The fourth-order valence-corrected chi connectivity index (χ4v) is 9.24. The predicted molar refractivity (Wildman–Crippen MR) is 182 cm³/mol. The van der Waals surface area contributed by atoms with E-state index >= 15 is 0 Å². The minimum atomic E-state index is -1.26. The molecule has 2 atom stereocenters. The van der Waals surface area contributed by atoms with Gasteiger partial charge in [0.1, 0.15) is 17.0 Å². The van der Waals surface area contributed by atoms with E-state index in [0.29, 0.717) is 51.9 Å². The van der Waals surface area contributed by atoms with Gasteiger partial charge >= 0.3 is 6.03 Å². The second-order valence-electron chi connectivity index (χ2n) is 13.8. The van der Waals surface area contributed by atoms with Crippen LogP contribution in [-0.4, -0.2) is 131 Å². The maximum absolute atomic E-state index is 14.1. The number of carbonyl (C=O) groups is 2. The summed E-state index contributed by atoms with van der Waals surface area (Å²) in [6, 6.07) is 3.84. The average molecular weight is 665 g/mol. The summed E-state index contributed by atoms with van der Waals surface area (Å²) in [7, 11) is 0.927. The predicted octanol–water partition coefficient (Wildman–Crippen LogP) is 2.27. The molecule has 3 amide bonds. The number of nitrogens with zero attached hydrogens (tertiary/aromatic N) is 5. The third kappa shape index (κ3) is 7.13. The zero-order valence-electron chi connectivity index (χ0n) is 27.6. The highest BCUT2D eigenvalue weighted by Crippen LogP contribution is 2.32. The molecule has 13 heteroatoms. The Bertz CT molecular complexity index is 1560. The van der Waals surface area contributed by atoms with Crippen LogP contribution in [0.2, 0.25) is 0 Å². The Hall–Kier alpha value is -3.26. The number of fused-ring (bicyclic) bond motifs is 1. The van der Waals surface area contributed by atoms with Gasteiger partial charge in [0.05, 0.1) is 24.9 Å². The number of urea groups is 1. The lowest BCUT2D eigenvalue weighted by atomic mass is 9.94. The highest BCUT2D eigenvalue weighted by atomic mass is 32.2. The molecule has 0 aliphatic carbocycles. The van der Waals surface area contributed by atoms with Crippen LogP contribution in [0.1, 0.15) is 43.2 Å². The number of carbonyl (C=O) groups excluding carboxylic acids is 2. The molecule has 254 valence electrons. The molecule has 5 aliphatic heterocycles. The van der Waals surface area contributed by atoms with E-state index in [1.807, 2.05) is 16.7 Å². The number of ether oxygens (including phenoxy) is 1. The fourth-order valence-electron chi connectivity index (χ4n) is 7.88. The monoisotopic (exact) mass is 664 g/mol. The van der Waals surface area contributed by atoms with Crippen LogP contribution < -0.4 is 10.0 Å². The molecule has 0 saturated carbocycles. The number of amides is 3. The first kappa shape index (κ1) is 32.3. The van der Waals surface area contributed by atoms with E-state index in [0.717, 1.165) is 83.6 Å². The standard InChI is InChI=1S/C34H48N8O4S/c1-23-17-24(18-26-21-35-37-32(23)26)19-30(33(43)41-14-12-40(13-15-41)28-5-8-39(2)9-6-28)36-34(44)42-10-3-25(4-11-42)31-20-27-22-46-16-7-29(27)38-47(31)45/h17-18,20-21,25,28,30,38H,3-16,19,22H2,1-2H3,(H,35,37)(H,36,44)/t30?,47-/m1/s1. The van der Waals surface area contributed by atoms with Crippen LogP contribution in [0.4, 0.5) is 4.79 Å². The lowest BCUT2D eigenvalue weighted by Gasteiger charge is -2.43. The number of aromatic amines is 1. The second-order valence-corrected chi connectivity index (χ2v) is 15.0. The molecule has 1 unspecified atom stereocenters. The minimum Gasteiger partial charge on any atom is -0.376 e. The van der Waals surface area contributed by atoms with Crippen LogP contribution >= 0.6 is 0 Å². The van der Waals surface area contributed by atoms with Gasteiger partial charge in [0.25, 0.3) is 0 Å². The summed E-state index contributed by atoms with van der Waals surface area (Å²) in [5, 5.41) is 11.4. The Labute approximate surface area is 279 Å². The first-order chi connectivity index (χ1) is 22.8. The zero-order valence-corrected chi connectivity index (χ0v) is 28.4. The van der Waals surface area contributed by atoms with Crippen molar-refractivity contribution in [3.63, 3.8) is 0 Å². The summed E-state index contributed by atoms with van der Waals surface area (Å²) < 4.78 is 21.8. The number of benzene rings is 1. The SMILES string of the molecule is Cc1cc(CC(NC(=O)N2CCC(C3=CC4=C(CCOC4)N[S@@]3=O)CC2)C(=O)N2CCN(C3CCN(C)CC3)CC2)cc2cn[nH]c12. The van der Waals surface area contributed by atoms with Gasteiger partial charge in [-0.25, -0.2) is 9.00 Å². The van der Waals surface area contributed by atoms with Crippen molar-refractivity contribution in [3.8, 4) is 0 Å². The van der Waals surface area contributed by atoms with Gasteiger partial charge in [-0.1, -0.05) is 6.07 Å². The molecule has 3 N–H and O–H groups in total. The molecule has 2 aromatic rings. The Morgan fingerprint density at radius 2 is 1.81 bits per heavy atom. The maximum Gasteiger partial charge on any atom is 0.318 e. The number of allylic oxidation sites excluding steroid dienone is 1. The molecular weight excluding hydrogens is 616 g/mol. The number of H-pyrrole nitrogens is 1. The molecule has 0 bridgehead atoms. The highest BCUT2D eigenvalue weighted by molar-refractivity contribution is 7.87. The number of nitrogens with one attached hydrogen (secondary N) is 3. The number of hydrogen-bond acceptors (Lipinski definition) is 7. The number of piperazine rings is 1. The number of piperidine rings is 2. The van der Waals surface area contributed by atoms with Crippen LogP contribution in [0.15, 0.2) is 40.6 Å². The van der Waals surface area contributed by atoms with Crippen molar-refractivity contribution < 1.29 is 18.5 Å². The summed E-state index contributed by atoms with van der Waals surface area (Å²) >= 11 is 0. The molecule has 0 spiro atoms. The second kappa shape index (κ2) is 14.1. The number of aryl methyl sites for hydroxylation is 1. The lowest BCUT2D eigenvalue weighted by Crippen LogP contribution is -2.59. The van der Waals surface area contributed by atoms with E-state index in [9.17, 15) is 13.8 Å². The largest absolute Gasteiger partial charge is 0.376 e. The topological polar surface area (TPSA) is 126 Å². The van der Waals surface area contributed by atoms with Crippen LogP contribution in [0.3, 0.4) is 0 Å². The van der Waals surface area contributed by atoms with Crippen molar-refractivity contribution >= 4 is 33.8 Å². The Balaban J connectivity index is 1.01. The van der Waals surface area contributed by atoms with Gasteiger partial charge in [-0.3, -0.25) is 14.8 Å². The van der Waals surface area contributed by atoms with Crippen LogP contribution in [-0.2, 0) is 26.9 Å². The summed E-state index contributed by atoms with van der Waals surface area (Å²) in [6.07, 6.45) is 8.83. The van der Waals surface area contributed by atoms with E-state index in [2.05, 4.69) is 55.3 Å². The fraction of sp³-hybridized carbons (Fsp3) is 0.618. The minimum absolute atomic E-state index is 0.0196. The van der Waals surface area contributed by atoms with Crippen molar-refractivity contribution in [1.29, 1.82) is 0 Å². The third-order valence-electron chi connectivity index (χ3n) is 10.7. The van der Waals surface area contributed by atoms with E-state index in [-0.39, 0.29) is 17.9 Å². The number of aromatic nitrogens is 2. The highest BCUT2D eigenvalue weighted by Gasteiger charge is 2.35. The first-order valence-corrected chi connectivity index (χ1v) is 18.4. The summed E-state index contributed by atoms with van der Waals surface area (Å²) in [5.74, 6) is 0.111. The summed E-state index contributed by atoms with van der Waals surface area (Å²) in [4.78, 5) is 37.5. The van der Waals surface area contributed by atoms with Crippen molar-refractivity contribution in [1.82, 2.24) is 39.8 Å². The Morgan fingerprint density at radius 1 is 1.04 bits per heavy atom. The third-order valence-corrected chi connectivity index (χ3v) is 12.1. The van der Waals surface area contributed by atoms with Crippen molar-refractivity contribution in [3.05, 3.63) is 51.7 Å². The van der Waals surface area contributed by atoms with Crippen LogP contribution in [0, 0.1) is 12.8 Å².